The molecular formula is C26H27N5O4. The Labute approximate surface area is 203 Å². The zero-order chi connectivity index (χ0) is 25.2. The van der Waals surface area contributed by atoms with Gasteiger partial charge in [0.25, 0.3) is 5.91 Å². The van der Waals surface area contributed by atoms with Gasteiger partial charge < -0.3 is 21.5 Å². The summed E-state index contributed by atoms with van der Waals surface area (Å²) in [6.45, 7) is 1.58. The molecule has 0 saturated carbocycles. The van der Waals surface area contributed by atoms with Crippen LogP contribution < -0.4 is 16.4 Å². The first-order chi connectivity index (χ1) is 16.9. The fourth-order valence-electron chi connectivity index (χ4n) is 3.51. The number of nitrogens with zero attached hydrogens (tertiary/aromatic N) is 2. The number of carbonyl (C=O) groups excluding carboxylic acids is 2. The SMILES string of the molecule is CCc1ncccc1C(CC(=O)O)NC(=O)CNC(=O)c1cccc(N=C(N)c2ccccc2)c1. The molecule has 0 radical (unpaired) electrons. The van der Waals surface area contributed by atoms with Crippen molar-refractivity contribution in [2.45, 2.75) is 25.8 Å². The highest BCUT2D eigenvalue weighted by Crippen LogP contribution is 2.20. The first kappa shape index (κ1) is 25.1. The van der Waals surface area contributed by atoms with Gasteiger partial charge in [-0.1, -0.05) is 49.4 Å². The molecule has 9 nitrogen and oxygen atoms in total. The minimum Gasteiger partial charge on any atom is -0.481 e. The second-order valence-corrected chi connectivity index (χ2v) is 7.71. The number of amides is 2. The third-order valence-electron chi connectivity index (χ3n) is 5.19. The number of nitrogens with one attached hydrogen (secondary N) is 2. The van der Waals surface area contributed by atoms with Crippen molar-refractivity contribution in [3.05, 3.63) is 95.3 Å². The number of amidine groups is 1. The monoisotopic (exact) mass is 473 g/mol. The average molecular weight is 474 g/mol. The van der Waals surface area contributed by atoms with E-state index in [1.54, 1.807) is 42.6 Å². The van der Waals surface area contributed by atoms with Crippen LogP contribution in [0.4, 0.5) is 5.69 Å². The van der Waals surface area contributed by atoms with Crippen molar-refractivity contribution in [1.82, 2.24) is 15.6 Å². The molecule has 35 heavy (non-hydrogen) atoms. The van der Waals surface area contributed by atoms with Gasteiger partial charge in [-0.3, -0.25) is 19.4 Å². The van der Waals surface area contributed by atoms with Gasteiger partial charge in [0, 0.05) is 23.0 Å². The molecule has 3 aromatic rings. The Morgan fingerprint density at radius 2 is 1.77 bits per heavy atom. The lowest BCUT2D eigenvalue weighted by atomic mass is 10.0. The maximum atomic E-state index is 12.6. The van der Waals surface area contributed by atoms with Gasteiger partial charge in [-0.05, 0) is 36.2 Å². The van der Waals surface area contributed by atoms with Crippen molar-refractivity contribution < 1.29 is 19.5 Å². The summed E-state index contributed by atoms with van der Waals surface area (Å²) < 4.78 is 0. The Morgan fingerprint density at radius 1 is 1.03 bits per heavy atom. The van der Waals surface area contributed by atoms with E-state index < -0.39 is 23.8 Å². The molecule has 3 rings (SSSR count). The Morgan fingerprint density at radius 3 is 2.49 bits per heavy atom. The number of hydrogen-bond donors (Lipinski definition) is 4. The molecule has 5 N–H and O–H groups in total. The van der Waals surface area contributed by atoms with E-state index in [4.69, 9.17) is 5.73 Å². The summed E-state index contributed by atoms with van der Waals surface area (Å²) >= 11 is 0. The summed E-state index contributed by atoms with van der Waals surface area (Å²) in [6, 6.07) is 18.5. The fourth-order valence-corrected chi connectivity index (χ4v) is 3.51. The molecule has 0 aliphatic carbocycles. The number of pyridine rings is 1. The highest BCUT2D eigenvalue weighted by molar-refractivity contribution is 6.00. The Balaban J connectivity index is 1.65. The largest absolute Gasteiger partial charge is 0.481 e. The number of aliphatic imine (C=N–C) groups is 1. The molecule has 0 fully saturated rings. The number of benzene rings is 2. The van der Waals surface area contributed by atoms with Gasteiger partial charge in [-0.25, -0.2) is 4.99 Å². The number of carboxylic acid groups (broad SMARTS) is 1. The number of hydrogen-bond acceptors (Lipinski definition) is 5. The zero-order valence-electron chi connectivity index (χ0n) is 19.3. The van der Waals surface area contributed by atoms with Crippen LogP contribution in [0.25, 0.3) is 0 Å². The Hall–Kier alpha value is -4.53. The van der Waals surface area contributed by atoms with Crippen LogP contribution in [0.3, 0.4) is 0 Å². The van der Waals surface area contributed by atoms with E-state index in [2.05, 4.69) is 20.6 Å². The normalized spacial score (nSPS) is 12.0. The smallest absolute Gasteiger partial charge is 0.305 e. The summed E-state index contributed by atoms with van der Waals surface area (Å²) in [5.74, 6) is -1.73. The van der Waals surface area contributed by atoms with E-state index in [-0.39, 0.29) is 13.0 Å². The molecule has 9 heteroatoms. The first-order valence-electron chi connectivity index (χ1n) is 11.1. The molecule has 0 aliphatic heterocycles. The molecular weight excluding hydrogens is 446 g/mol. The summed E-state index contributed by atoms with van der Waals surface area (Å²) in [5.41, 5.74) is 8.95. The predicted molar refractivity (Wildman–Crippen MR) is 132 cm³/mol. The molecule has 1 atom stereocenters. The number of carbonyl (C=O) groups is 3. The third kappa shape index (κ3) is 7.23. The van der Waals surface area contributed by atoms with Gasteiger partial charge in [0.05, 0.1) is 24.7 Å². The standard InChI is InChI=1S/C26H27N5O4/c1-2-21-20(12-7-13-28-21)22(15-24(33)34)31-23(32)16-29-26(35)18-10-6-11-19(14-18)30-25(27)17-8-4-3-5-9-17/h3-14,22H,2,15-16H2,1H3,(H2,27,30)(H,29,35)(H,31,32)(H,33,34). The number of rotatable bonds is 10. The van der Waals surface area contributed by atoms with Crippen LogP contribution in [0.5, 0.6) is 0 Å². The highest BCUT2D eigenvalue weighted by Gasteiger charge is 2.21. The molecule has 0 spiro atoms. The van der Waals surface area contributed by atoms with Crippen LogP contribution >= 0.6 is 0 Å². The molecule has 2 amide bonds. The van der Waals surface area contributed by atoms with Crippen LogP contribution in [0.1, 0.15) is 46.6 Å². The topological polar surface area (TPSA) is 147 Å². The first-order valence-corrected chi connectivity index (χ1v) is 11.1. The van der Waals surface area contributed by atoms with Gasteiger partial charge >= 0.3 is 5.97 Å². The Bertz CT molecular complexity index is 1230. The summed E-state index contributed by atoms with van der Waals surface area (Å²) in [6.07, 6.45) is 1.90. The van der Waals surface area contributed by atoms with Crippen LogP contribution in [-0.2, 0) is 16.0 Å². The lowest BCUT2D eigenvalue weighted by molar-refractivity contribution is -0.137. The predicted octanol–water partition coefficient (Wildman–Crippen LogP) is 2.74. The maximum absolute atomic E-state index is 12.6. The van der Waals surface area contributed by atoms with E-state index in [0.29, 0.717) is 34.8 Å². The lowest BCUT2D eigenvalue weighted by Gasteiger charge is -2.19. The van der Waals surface area contributed by atoms with Gasteiger partial charge in [0.1, 0.15) is 5.84 Å². The molecule has 2 aromatic carbocycles. The molecule has 1 heterocycles. The van der Waals surface area contributed by atoms with Gasteiger partial charge in [-0.2, -0.15) is 0 Å². The van der Waals surface area contributed by atoms with Crippen molar-refractivity contribution in [3.8, 4) is 0 Å². The minimum absolute atomic E-state index is 0.304. The third-order valence-corrected chi connectivity index (χ3v) is 5.19. The summed E-state index contributed by atoms with van der Waals surface area (Å²) in [4.78, 5) is 45.1. The number of aryl methyl sites for hydroxylation is 1. The van der Waals surface area contributed by atoms with Crippen molar-refractivity contribution >= 4 is 29.3 Å². The summed E-state index contributed by atoms with van der Waals surface area (Å²) in [5, 5.41) is 14.5. The quantitative estimate of drug-likeness (QED) is 0.263. The number of carboxylic acids is 1. The molecule has 1 unspecified atom stereocenters. The van der Waals surface area contributed by atoms with E-state index in [1.807, 2.05) is 37.3 Å². The fraction of sp³-hybridized carbons (Fsp3) is 0.192. The molecule has 180 valence electrons. The van der Waals surface area contributed by atoms with E-state index >= 15 is 0 Å². The van der Waals surface area contributed by atoms with E-state index in [0.717, 1.165) is 5.56 Å². The summed E-state index contributed by atoms with van der Waals surface area (Å²) in [7, 11) is 0. The van der Waals surface area contributed by atoms with Gasteiger partial charge in [0.2, 0.25) is 5.91 Å². The zero-order valence-corrected chi connectivity index (χ0v) is 19.3. The molecule has 0 saturated heterocycles. The van der Waals surface area contributed by atoms with Crippen molar-refractivity contribution in [2.24, 2.45) is 10.7 Å². The van der Waals surface area contributed by atoms with Crippen LogP contribution in [0, 0.1) is 0 Å². The van der Waals surface area contributed by atoms with Gasteiger partial charge in [-0.15, -0.1) is 0 Å². The number of aliphatic carboxylic acids is 1. The number of aromatic nitrogens is 1. The van der Waals surface area contributed by atoms with Crippen LogP contribution in [0.15, 0.2) is 77.9 Å². The van der Waals surface area contributed by atoms with E-state index in [9.17, 15) is 19.5 Å². The minimum atomic E-state index is -1.06. The number of nitrogens with two attached hydrogens (primary N) is 1. The molecule has 0 aliphatic rings. The lowest BCUT2D eigenvalue weighted by Crippen LogP contribution is -2.39. The maximum Gasteiger partial charge on any atom is 0.305 e. The van der Waals surface area contributed by atoms with Crippen molar-refractivity contribution in [2.75, 3.05) is 6.54 Å². The van der Waals surface area contributed by atoms with E-state index in [1.165, 1.54) is 0 Å². The molecule has 1 aromatic heterocycles. The average Bonchev–Trinajstić information content (AvgIpc) is 2.87. The Kier molecular flexibility index (Phi) is 8.66. The van der Waals surface area contributed by atoms with Crippen LogP contribution in [-0.4, -0.2) is 40.3 Å². The van der Waals surface area contributed by atoms with Crippen molar-refractivity contribution in [1.29, 1.82) is 0 Å². The van der Waals surface area contributed by atoms with Crippen LogP contribution in [0.2, 0.25) is 0 Å². The highest BCUT2D eigenvalue weighted by atomic mass is 16.4. The van der Waals surface area contributed by atoms with Crippen molar-refractivity contribution in [3.63, 3.8) is 0 Å². The second-order valence-electron chi connectivity index (χ2n) is 7.71. The van der Waals surface area contributed by atoms with Gasteiger partial charge in [0.15, 0.2) is 0 Å². The molecule has 0 bridgehead atoms. The second kappa shape index (κ2) is 12.1.